The maximum Gasteiger partial charge on any atom is 0.281 e. The van der Waals surface area contributed by atoms with E-state index in [-0.39, 0.29) is 16.3 Å². The number of carbonyl (C=O) groups excluding carboxylic acids is 1. The normalized spacial score (nSPS) is 11.7. The fourth-order valence-corrected chi connectivity index (χ4v) is 4.47. The molecule has 0 unspecified atom stereocenters. The highest BCUT2D eigenvalue weighted by atomic mass is 35.5. The summed E-state index contributed by atoms with van der Waals surface area (Å²) in [5.41, 5.74) is 0.364. The average Bonchev–Trinajstić information content (AvgIpc) is 2.92. The van der Waals surface area contributed by atoms with Crippen molar-refractivity contribution in [3.8, 4) is 0 Å². The van der Waals surface area contributed by atoms with Crippen LogP contribution in [0.2, 0.25) is 15.1 Å². The van der Waals surface area contributed by atoms with E-state index in [1.807, 2.05) is 0 Å². The van der Waals surface area contributed by atoms with Crippen LogP contribution in [0.1, 0.15) is 10.4 Å². The predicted octanol–water partition coefficient (Wildman–Crippen LogP) is 5.50. The Morgan fingerprint density at radius 3 is 2.67 bits per heavy atom. The largest absolute Gasteiger partial charge is 0.311 e. The molecule has 2 aromatic carbocycles. The molecule has 0 fully saturated rings. The molecule has 0 aliphatic carbocycles. The van der Waals surface area contributed by atoms with Gasteiger partial charge in [-0.2, -0.15) is 4.99 Å². The number of amides is 1. The summed E-state index contributed by atoms with van der Waals surface area (Å²) >= 11 is 19.6. The zero-order chi connectivity index (χ0) is 19.7. The Labute approximate surface area is 172 Å². The average molecular weight is 443 g/mol. The van der Waals surface area contributed by atoms with Gasteiger partial charge >= 0.3 is 0 Å². The summed E-state index contributed by atoms with van der Waals surface area (Å²) in [6.07, 6.45) is 1.64. The van der Waals surface area contributed by atoms with Crippen molar-refractivity contribution >= 4 is 68.0 Å². The molecular weight excluding hydrogens is 433 g/mol. The van der Waals surface area contributed by atoms with Crippen LogP contribution in [0, 0.1) is 10.1 Å². The molecule has 3 aromatic rings. The first-order chi connectivity index (χ1) is 12.8. The molecular formula is C17H10Cl3N3O3S. The second-order valence-corrected chi connectivity index (χ2v) is 7.62. The van der Waals surface area contributed by atoms with Crippen molar-refractivity contribution in [3.63, 3.8) is 0 Å². The molecule has 0 aliphatic rings. The fraction of sp³-hybridized carbons (Fsp3) is 0.0588. The van der Waals surface area contributed by atoms with Crippen molar-refractivity contribution < 1.29 is 9.72 Å². The number of hydrogen-bond donors (Lipinski definition) is 0. The Morgan fingerprint density at radius 1 is 1.26 bits per heavy atom. The molecule has 3 rings (SSSR count). The van der Waals surface area contributed by atoms with Crippen molar-refractivity contribution in [3.05, 3.63) is 78.5 Å². The van der Waals surface area contributed by atoms with Crippen molar-refractivity contribution in [1.82, 2.24) is 4.57 Å². The van der Waals surface area contributed by atoms with Gasteiger partial charge in [0.25, 0.3) is 11.6 Å². The van der Waals surface area contributed by atoms with Gasteiger partial charge in [0.1, 0.15) is 0 Å². The lowest BCUT2D eigenvalue weighted by Gasteiger charge is -2.03. The van der Waals surface area contributed by atoms with Crippen LogP contribution in [0.3, 0.4) is 0 Å². The molecule has 138 valence electrons. The van der Waals surface area contributed by atoms with Crippen LogP contribution in [0.15, 0.2) is 48.0 Å². The van der Waals surface area contributed by atoms with E-state index >= 15 is 0 Å². The summed E-state index contributed by atoms with van der Waals surface area (Å²) in [5, 5.41) is 11.9. The number of carbonyl (C=O) groups is 1. The minimum atomic E-state index is -0.699. The van der Waals surface area contributed by atoms with Crippen molar-refractivity contribution in [2.45, 2.75) is 6.54 Å². The minimum Gasteiger partial charge on any atom is -0.311 e. The van der Waals surface area contributed by atoms with Gasteiger partial charge in [0, 0.05) is 23.7 Å². The summed E-state index contributed by atoms with van der Waals surface area (Å²) in [6.45, 7) is 4.06. The Bertz CT molecular complexity index is 1170. The number of thiazole rings is 1. The van der Waals surface area contributed by atoms with E-state index in [9.17, 15) is 14.9 Å². The lowest BCUT2D eigenvalue weighted by Crippen LogP contribution is -2.16. The summed E-state index contributed by atoms with van der Waals surface area (Å²) in [5.74, 6) is -0.699. The van der Waals surface area contributed by atoms with Gasteiger partial charge in [0.15, 0.2) is 4.80 Å². The van der Waals surface area contributed by atoms with Crippen molar-refractivity contribution in [2.75, 3.05) is 0 Å². The number of rotatable bonds is 4. The highest BCUT2D eigenvalue weighted by molar-refractivity contribution is 7.16. The first-order valence-electron chi connectivity index (χ1n) is 7.44. The summed E-state index contributed by atoms with van der Waals surface area (Å²) in [7, 11) is 0. The highest BCUT2D eigenvalue weighted by Gasteiger charge is 2.17. The highest BCUT2D eigenvalue weighted by Crippen LogP contribution is 2.30. The fourth-order valence-electron chi connectivity index (χ4n) is 2.45. The minimum absolute atomic E-state index is 0.0578. The van der Waals surface area contributed by atoms with Crippen molar-refractivity contribution in [2.24, 2.45) is 4.99 Å². The molecule has 0 saturated carbocycles. The van der Waals surface area contributed by atoms with E-state index in [1.54, 1.807) is 22.8 Å². The molecule has 0 radical (unpaired) electrons. The van der Waals surface area contributed by atoms with Crippen LogP contribution >= 0.6 is 46.1 Å². The number of benzene rings is 2. The monoisotopic (exact) mass is 441 g/mol. The number of nitro benzene ring substituents is 1. The third kappa shape index (κ3) is 3.91. The molecule has 0 aliphatic heterocycles. The Kier molecular flexibility index (Phi) is 5.67. The second-order valence-electron chi connectivity index (χ2n) is 5.36. The van der Waals surface area contributed by atoms with E-state index in [4.69, 9.17) is 34.8 Å². The third-order valence-electron chi connectivity index (χ3n) is 3.60. The van der Waals surface area contributed by atoms with Crippen molar-refractivity contribution in [1.29, 1.82) is 0 Å². The van der Waals surface area contributed by atoms with E-state index < -0.39 is 10.8 Å². The Hall–Kier alpha value is -2.19. The molecule has 0 saturated heterocycles. The summed E-state index contributed by atoms with van der Waals surface area (Å²) < 4.78 is 2.46. The summed E-state index contributed by atoms with van der Waals surface area (Å²) in [4.78, 5) is 27.4. The number of non-ortho nitro benzene ring substituents is 1. The SMILES string of the molecule is C=CCn1c(=NC(=O)c2cc([N+](=O)[O-])ccc2Cl)sc2cc(Cl)cc(Cl)c21. The smallest absolute Gasteiger partial charge is 0.281 e. The lowest BCUT2D eigenvalue weighted by molar-refractivity contribution is -0.384. The quantitative estimate of drug-likeness (QED) is 0.304. The van der Waals surface area contributed by atoms with Gasteiger partial charge in [-0.3, -0.25) is 14.9 Å². The van der Waals surface area contributed by atoms with E-state index in [0.717, 1.165) is 10.8 Å². The maximum atomic E-state index is 12.6. The molecule has 0 spiro atoms. The Balaban J connectivity index is 2.21. The van der Waals surface area contributed by atoms with E-state index in [0.29, 0.717) is 26.9 Å². The van der Waals surface area contributed by atoms with Gasteiger partial charge in [0.05, 0.1) is 30.7 Å². The molecule has 0 N–H and O–H groups in total. The van der Waals surface area contributed by atoms with Gasteiger partial charge in [0.2, 0.25) is 0 Å². The topological polar surface area (TPSA) is 77.5 Å². The first-order valence-corrected chi connectivity index (χ1v) is 9.39. The number of allylic oxidation sites excluding steroid dienone is 1. The number of fused-ring (bicyclic) bond motifs is 1. The van der Waals surface area contributed by atoms with Gasteiger partial charge < -0.3 is 4.57 Å². The number of nitrogens with zero attached hydrogens (tertiary/aromatic N) is 3. The zero-order valence-corrected chi connectivity index (χ0v) is 16.6. The van der Waals surface area contributed by atoms with Gasteiger partial charge in [-0.15, -0.1) is 6.58 Å². The molecule has 0 atom stereocenters. The number of halogens is 3. The van der Waals surface area contributed by atoms with Crippen LogP contribution < -0.4 is 4.80 Å². The standard InChI is InChI=1S/C17H10Cl3N3O3S/c1-2-5-22-15-13(20)6-9(18)7-14(15)27-17(22)21-16(24)11-8-10(23(25)26)3-4-12(11)19/h2-4,6-8H,1,5H2. The van der Waals surface area contributed by atoms with Crippen LogP contribution in [-0.4, -0.2) is 15.4 Å². The van der Waals surface area contributed by atoms with Gasteiger partial charge in [-0.25, -0.2) is 0 Å². The molecule has 1 heterocycles. The molecule has 6 nitrogen and oxygen atoms in total. The number of aromatic nitrogens is 1. The molecule has 1 aromatic heterocycles. The zero-order valence-electron chi connectivity index (χ0n) is 13.5. The van der Waals surface area contributed by atoms with Crippen LogP contribution in [0.5, 0.6) is 0 Å². The maximum absolute atomic E-state index is 12.6. The molecule has 1 amide bonds. The Morgan fingerprint density at radius 2 is 2.00 bits per heavy atom. The van der Waals surface area contributed by atoms with E-state index in [2.05, 4.69) is 11.6 Å². The second kappa shape index (κ2) is 7.82. The first kappa shape index (κ1) is 19.6. The number of hydrogen-bond acceptors (Lipinski definition) is 4. The molecule has 0 bridgehead atoms. The summed E-state index contributed by atoms with van der Waals surface area (Å²) in [6, 6.07) is 6.93. The van der Waals surface area contributed by atoms with Crippen LogP contribution in [-0.2, 0) is 6.54 Å². The predicted molar refractivity (Wildman–Crippen MR) is 108 cm³/mol. The van der Waals surface area contributed by atoms with Crippen LogP contribution in [0.25, 0.3) is 10.2 Å². The van der Waals surface area contributed by atoms with E-state index in [1.165, 1.54) is 23.5 Å². The molecule has 10 heteroatoms. The van der Waals surface area contributed by atoms with Gasteiger partial charge in [-0.1, -0.05) is 52.2 Å². The number of nitro groups is 1. The van der Waals surface area contributed by atoms with Crippen LogP contribution in [0.4, 0.5) is 5.69 Å². The lowest BCUT2D eigenvalue weighted by atomic mass is 10.2. The molecule has 27 heavy (non-hydrogen) atoms. The third-order valence-corrected chi connectivity index (χ3v) is 5.46. The van der Waals surface area contributed by atoms with Gasteiger partial charge in [-0.05, 0) is 18.2 Å².